The number of nitrogen functional groups attached to an aromatic ring is 1. The van der Waals surface area contributed by atoms with Crippen molar-refractivity contribution in [1.29, 1.82) is 0 Å². The Balaban J connectivity index is 2.05. The molecule has 0 atom stereocenters. The zero-order valence-electron chi connectivity index (χ0n) is 11.2. The van der Waals surface area contributed by atoms with Gasteiger partial charge in [0.2, 0.25) is 5.89 Å². The number of hydrogen-bond donors (Lipinski definition) is 2. The second kappa shape index (κ2) is 5.09. The van der Waals surface area contributed by atoms with Gasteiger partial charge in [-0.2, -0.15) is 0 Å². The molecular formula is C13H16N4O2. The maximum atomic E-state index is 12.0. The molecule has 0 aliphatic heterocycles. The normalized spacial score (nSPS) is 10.5. The molecule has 0 saturated carbocycles. The summed E-state index contributed by atoms with van der Waals surface area (Å²) in [6.45, 7) is 5.72. The Labute approximate surface area is 111 Å². The number of carbonyl (C=O) groups is 1. The summed E-state index contributed by atoms with van der Waals surface area (Å²) in [6.07, 6.45) is 0. The second-order valence-electron chi connectivity index (χ2n) is 4.35. The van der Waals surface area contributed by atoms with Gasteiger partial charge in [-0.15, -0.1) is 0 Å². The van der Waals surface area contributed by atoms with E-state index in [9.17, 15) is 4.79 Å². The van der Waals surface area contributed by atoms with E-state index < -0.39 is 0 Å². The lowest BCUT2D eigenvalue weighted by Gasteiger charge is -2.04. The molecule has 0 saturated heterocycles. The van der Waals surface area contributed by atoms with Crippen molar-refractivity contribution in [2.75, 3.05) is 5.73 Å². The van der Waals surface area contributed by atoms with Crippen LogP contribution in [-0.4, -0.2) is 15.9 Å². The van der Waals surface area contributed by atoms with E-state index in [2.05, 4.69) is 15.3 Å². The highest BCUT2D eigenvalue weighted by molar-refractivity contribution is 5.94. The summed E-state index contributed by atoms with van der Waals surface area (Å²) in [5, 5.41) is 2.73. The molecule has 2 heterocycles. The third kappa shape index (κ3) is 3.09. The largest absolute Gasteiger partial charge is 0.444 e. The summed E-state index contributed by atoms with van der Waals surface area (Å²) in [5.41, 5.74) is 7.61. The van der Waals surface area contributed by atoms with Gasteiger partial charge in [0.05, 0.1) is 12.2 Å². The average Bonchev–Trinajstić information content (AvgIpc) is 2.64. The second-order valence-corrected chi connectivity index (χ2v) is 4.35. The third-order valence-electron chi connectivity index (χ3n) is 2.71. The quantitative estimate of drug-likeness (QED) is 0.872. The van der Waals surface area contributed by atoms with Crippen LogP contribution in [-0.2, 0) is 6.54 Å². The van der Waals surface area contributed by atoms with Gasteiger partial charge in [0.25, 0.3) is 5.91 Å². The predicted molar refractivity (Wildman–Crippen MR) is 70.5 cm³/mol. The molecule has 100 valence electrons. The summed E-state index contributed by atoms with van der Waals surface area (Å²) in [7, 11) is 0. The lowest BCUT2D eigenvalue weighted by Crippen LogP contribution is -2.23. The highest BCUT2D eigenvalue weighted by Crippen LogP contribution is 2.09. The predicted octanol–water partition coefficient (Wildman–Crippen LogP) is 1.51. The topological polar surface area (TPSA) is 94.0 Å². The number of nitrogens with zero attached hydrogens (tertiary/aromatic N) is 2. The minimum absolute atomic E-state index is 0.231. The smallest absolute Gasteiger partial charge is 0.251 e. The van der Waals surface area contributed by atoms with Crippen molar-refractivity contribution in [3.05, 3.63) is 40.7 Å². The Morgan fingerprint density at radius 1 is 1.32 bits per heavy atom. The van der Waals surface area contributed by atoms with Gasteiger partial charge in [-0.05, 0) is 32.9 Å². The summed E-state index contributed by atoms with van der Waals surface area (Å²) in [6, 6.07) is 3.21. The van der Waals surface area contributed by atoms with Gasteiger partial charge in [0.15, 0.2) is 0 Å². The molecule has 0 spiro atoms. The van der Waals surface area contributed by atoms with Crippen LogP contribution in [0.3, 0.4) is 0 Å². The highest BCUT2D eigenvalue weighted by atomic mass is 16.4. The van der Waals surface area contributed by atoms with E-state index in [4.69, 9.17) is 10.2 Å². The molecule has 1 amide bonds. The van der Waals surface area contributed by atoms with Crippen LogP contribution in [0.2, 0.25) is 0 Å². The first-order valence-electron chi connectivity index (χ1n) is 5.91. The van der Waals surface area contributed by atoms with Crippen molar-refractivity contribution in [3.8, 4) is 0 Å². The van der Waals surface area contributed by atoms with Crippen molar-refractivity contribution >= 4 is 11.7 Å². The zero-order valence-corrected chi connectivity index (χ0v) is 11.2. The number of aryl methyl sites for hydroxylation is 3. The first-order valence-corrected chi connectivity index (χ1v) is 5.91. The molecule has 0 aliphatic rings. The Bertz CT molecular complexity index is 579. The minimum atomic E-state index is -0.231. The van der Waals surface area contributed by atoms with Gasteiger partial charge in [-0.25, -0.2) is 9.97 Å². The highest BCUT2D eigenvalue weighted by Gasteiger charge is 2.10. The number of anilines is 1. The van der Waals surface area contributed by atoms with Gasteiger partial charge < -0.3 is 15.5 Å². The van der Waals surface area contributed by atoms with Crippen molar-refractivity contribution in [2.24, 2.45) is 0 Å². The number of carbonyl (C=O) groups excluding carboxylic acids is 1. The van der Waals surface area contributed by atoms with Crippen LogP contribution in [0.1, 0.15) is 33.4 Å². The van der Waals surface area contributed by atoms with Crippen molar-refractivity contribution in [3.63, 3.8) is 0 Å². The van der Waals surface area contributed by atoms with Crippen LogP contribution in [0.15, 0.2) is 16.5 Å². The maximum Gasteiger partial charge on any atom is 0.251 e. The average molecular weight is 260 g/mol. The maximum absolute atomic E-state index is 12.0. The fraction of sp³-hybridized carbons (Fsp3) is 0.308. The summed E-state index contributed by atoms with van der Waals surface area (Å²) < 4.78 is 5.39. The Kier molecular flexibility index (Phi) is 3.50. The molecule has 2 aromatic heterocycles. The van der Waals surface area contributed by atoms with E-state index in [1.54, 1.807) is 13.0 Å². The summed E-state index contributed by atoms with van der Waals surface area (Å²) in [5.74, 6) is 1.34. The van der Waals surface area contributed by atoms with Gasteiger partial charge in [-0.3, -0.25) is 4.79 Å². The van der Waals surface area contributed by atoms with E-state index >= 15 is 0 Å². The fourth-order valence-corrected chi connectivity index (χ4v) is 1.70. The number of nitrogens with one attached hydrogen (secondary N) is 1. The molecule has 3 N–H and O–H groups in total. The molecule has 0 radical (unpaired) electrons. The van der Waals surface area contributed by atoms with E-state index in [0.717, 1.165) is 11.5 Å². The Hall–Kier alpha value is -2.37. The molecule has 19 heavy (non-hydrogen) atoms. The summed E-state index contributed by atoms with van der Waals surface area (Å²) in [4.78, 5) is 20.2. The number of aromatic nitrogens is 2. The van der Waals surface area contributed by atoms with Gasteiger partial charge in [-0.1, -0.05) is 0 Å². The van der Waals surface area contributed by atoms with Crippen molar-refractivity contribution in [1.82, 2.24) is 15.3 Å². The molecule has 6 heteroatoms. The van der Waals surface area contributed by atoms with Gasteiger partial charge in [0.1, 0.15) is 11.6 Å². The van der Waals surface area contributed by atoms with Crippen LogP contribution in [0.25, 0.3) is 0 Å². The molecular weight excluding hydrogens is 244 g/mol. The number of pyridine rings is 1. The number of nitrogens with two attached hydrogens (primary N) is 1. The first-order chi connectivity index (χ1) is 8.95. The third-order valence-corrected chi connectivity index (χ3v) is 2.71. The molecule has 0 fully saturated rings. The van der Waals surface area contributed by atoms with Crippen molar-refractivity contribution in [2.45, 2.75) is 27.3 Å². The van der Waals surface area contributed by atoms with E-state index in [1.807, 2.05) is 13.8 Å². The van der Waals surface area contributed by atoms with Crippen LogP contribution < -0.4 is 11.1 Å². The lowest BCUT2D eigenvalue weighted by atomic mass is 10.2. The first kappa shape index (κ1) is 13.1. The van der Waals surface area contributed by atoms with Crippen LogP contribution in [0.5, 0.6) is 0 Å². The number of amides is 1. The van der Waals surface area contributed by atoms with Crippen molar-refractivity contribution < 1.29 is 9.21 Å². The molecule has 2 aromatic rings. The van der Waals surface area contributed by atoms with E-state index in [-0.39, 0.29) is 12.5 Å². The van der Waals surface area contributed by atoms with E-state index in [1.165, 1.54) is 6.07 Å². The number of oxazole rings is 1. The Morgan fingerprint density at radius 2 is 2.05 bits per heavy atom. The molecule has 6 nitrogen and oxygen atoms in total. The van der Waals surface area contributed by atoms with Gasteiger partial charge >= 0.3 is 0 Å². The number of hydrogen-bond acceptors (Lipinski definition) is 5. The lowest BCUT2D eigenvalue weighted by molar-refractivity contribution is 0.0947. The fourth-order valence-electron chi connectivity index (χ4n) is 1.70. The van der Waals surface area contributed by atoms with E-state index in [0.29, 0.717) is 23.0 Å². The Morgan fingerprint density at radius 3 is 2.63 bits per heavy atom. The summed E-state index contributed by atoms with van der Waals surface area (Å²) >= 11 is 0. The minimum Gasteiger partial charge on any atom is -0.444 e. The van der Waals surface area contributed by atoms with Gasteiger partial charge in [0, 0.05) is 11.3 Å². The monoisotopic (exact) mass is 260 g/mol. The zero-order chi connectivity index (χ0) is 14.0. The standard InChI is InChI=1S/C13H16N4O2/c1-7-4-10(5-11(14)16-7)13(18)15-6-12-17-8(2)9(3)19-12/h4-5H,6H2,1-3H3,(H2,14,16)(H,15,18). The molecule has 0 aromatic carbocycles. The SMILES string of the molecule is Cc1cc(C(=O)NCc2nc(C)c(C)o2)cc(N)n1. The van der Waals surface area contributed by atoms with Crippen LogP contribution in [0, 0.1) is 20.8 Å². The van der Waals surface area contributed by atoms with Crippen LogP contribution in [0.4, 0.5) is 5.82 Å². The molecule has 0 aliphatic carbocycles. The molecule has 2 rings (SSSR count). The molecule has 0 unspecified atom stereocenters. The molecule has 0 bridgehead atoms. The van der Waals surface area contributed by atoms with Crippen LogP contribution >= 0.6 is 0 Å². The number of rotatable bonds is 3.